The molecule has 1 rings (SSSR count). The van der Waals surface area contributed by atoms with Crippen LogP contribution < -0.4 is 0 Å². The Morgan fingerprint density at radius 3 is 2.50 bits per heavy atom. The minimum atomic E-state index is -0.395. The van der Waals surface area contributed by atoms with E-state index in [1.165, 1.54) is 4.90 Å². The molecule has 110 valence electrons. The first-order valence-electron chi connectivity index (χ1n) is 6.70. The van der Waals surface area contributed by atoms with Crippen molar-refractivity contribution in [3.63, 3.8) is 0 Å². The maximum absolute atomic E-state index is 12.4. The second kappa shape index (κ2) is 7.90. The van der Waals surface area contributed by atoms with E-state index < -0.39 is 5.97 Å². The lowest BCUT2D eigenvalue weighted by Crippen LogP contribution is -2.37. The second-order valence-corrected chi connectivity index (χ2v) is 4.99. The van der Waals surface area contributed by atoms with Crippen molar-refractivity contribution in [2.75, 3.05) is 19.7 Å². The fourth-order valence-electron chi connectivity index (χ4n) is 1.93. The predicted octanol–water partition coefficient (Wildman–Crippen LogP) is 3.06. The van der Waals surface area contributed by atoms with Crippen LogP contribution in [0.3, 0.4) is 0 Å². The van der Waals surface area contributed by atoms with Crippen LogP contribution in [0, 0.1) is 6.92 Å². The molecule has 0 saturated heterocycles. The molecule has 1 amide bonds. The standard InChI is InChI=1S/C15H20ClNO3/c1-4-6-17(10-14(18)20-5-2)15(19)12-7-11(3)8-13(16)9-12/h7-9H,4-6,10H2,1-3H3. The quantitative estimate of drug-likeness (QED) is 0.758. The number of nitrogens with zero attached hydrogens (tertiary/aromatic N) is 1. The average molecular weight is 298 g/mol. The van der Waals surface area contributed by atoms with E-state index in [4.69, 9.17) is 16.3 Å². The summed E-state index contributed by atoms with van der Waals surface area (Å²) in [6, 6.07) is 5.17. The topological polar surface area (TPSA) is 46.6 Å². The molecule has 1 aromatic carbocycles. The Kier molecular flexibility index (Phi) is 6.52. The van der Waals surface area contributed by atoms with E-state index in [0.29, 0.717) is 23.7 Å². The van der Waals surface area contributed by atoms with Crippen molar-refractivity contribution < 1.29 is 14.3 Å². The summed E-state index contributed by atoms with van der Waals surface area (Å²) < 4.78 is 4.89. The molecule has 4 nitrogen and oxygen atoms in total. The number of carbonyl (C=O) groups excluding carboxylic acids is 2. The van der Waals surface area contributed by atoms with Crippen LogP contribution in [-0.4, -0.2) is 36.5 Å². The summed E-state index contributed by atoms with van der Waals surface area (Å²) in [4.78, 5) is 25.5. The summed E-state index contributed by atoms with van der Waals surface area (Å²) >= 11 is 5.97. The molecule has 0 heterocycles. The number of benzene rings is 1. The zero-order valence-corrected chi connectivity index (χ0v) is 12.9. The normalized spacial score (nSPS) is 10.2. The number of hydrogen-bond donors (Lipinski definition) is 0. The molecule has 0 spiro atoms. The summed E-state index contributed by atoms with van der Waals surface area (Å²) in [5.74, 6) is -0.599. The molecule has 0 unspecified atom stereocenters. The monoisotopic (exact) mass is 297 g/mol. The minimum Gasteiger partial charge on any atom is -0.465 e. The fraction of sp³-hybridized carbons (Fsp3) is 0.467. The van der Waals surface area contributed by atoms with Gasteiger partial charge in [0.15, 0.2) is 0 Å². The molecule has 20 heavy (non-hydrogen) atoms. The van der Waals surface area contributed by atoms with E-state index in [2.05, 4.69) is 0 Å². The van der Waals surface area contributed by atoms with Gasteiger partial charge in [-0.1, -0.05) is 18.5 Å². The SMILES string of the molecule is CCCN(CC(=O)OCC)C(=O)c1cc(C)cc(Cl)c1. The van der Waals surface area contributed by atoms with Crippen molar-refractivity contribution in [2.45, 2.75) is 27.2 Å². The number of rotatable bonds is 6. The molecule has 0 aromatic heterocycles. The van der Waals surface area contributed by atoms with Crippen molar-refractivity contribution >= 4 is 23.5 Å². The summed E-state index contributed by atoms with van der Waals surface area (Å²) in [7, 11) is 0. The maximum atomic E-state index is 12.4. The summed E-state index contributed by atoms with van der Waals surface area (Å²) in [6.07, 6.45) is 0.769. The molecular weight excluding hydrogens is 278 g/mol. The van der Waals surface area contributed by atoms with Crippen LogP contribution in [0.25, 0.3) is 0 Å². The van der Waals surface area contributed by atoms with E-state index in [0.717, 1.165) is 12.0 Å². The first-order chi connectivity index (χ1) is 9.47. The summed E-state index contributed by atoms with van der Waals surface area (Å²) in [5, 5.41) is 0.515. The van der Waals surface area contributed by atoms with Gasteiger partial charge in [0.05, 0.1) is 6.61 Å². The van der Waals surface area contributed by atoms with E-state index in [1.54, 1.807) is 25.1 Å². The fourth-order valence-corrected chi connectivity index (χ4v) is 2.22. The molecule has 0 saturated carbocycles. The molecule has 0 aliphatic carbocycles. The van der Waals surface area contributed by atoms with Crippen LogP contribution >= 0.6 is 11.6 Å². The van der Waals surface area contributed by atoms with Gasteiger partial charge >= 0.3 is 5.97 Å². The lowest BCUT2D eigenvalue weighted by Gasteiger charge is -2.21. The zero-order chi connectivity index (χ0) is 15.1. The summed E-state index contributed by atoms with van der Waals surface area (Å²) in [6.45, 7) is 6.34. The number of carbonyl (C=O) groups is 2. The van der Waals surface area contributed by atoms with Crippen molar-refractivity contribution in [1.29, 1.82) is 0 Å². The second-order valence-electron chi connectivity index (χ2n) is 4.55. The lowest BCUT2D eigenvalue weighted by atomic mass is 10.1. The molecule has 0 N–H and O–H groups in total. The van der Waals surface area contributed by atoms with Crippen LogP contribution in [0.1, 0.15) is 36.2 Å². The summed E-state index contributed by atoms with van der Waals surface area (Å²) in [5.41, 5.74) is 1.40. The highest BCUT2D eigenvalue weighted by Gasteiger charge is 2.19. The Balaban J connectivity index is 2.89. The molecule has 0 aliphatic heterocycles. The van der Waals surface area contributed by atoms with Gasteiger partial charge in [-0.15, -0.1) is 0 Å². The maximum Gasteiger partial charge on any atom is 0.325 e. The third kappa shape index (κ3) is 4.85. The molecule has 0 radical (unpaired) electrons. The van der Waals surface area contributed by atoms with E-state index in [9.17, 15) is 9.59 Å². The molecule has 0 bridgehead atoms. The van der Waals surface area contributed by atoms with E-state index >= 15 is 0 Å². The number of aryl methyl sites for hydroxylation is 1. The zero-order valence-electron chi connectivity index (χ0n) is 12.1. The van der Waals surface area contributed by atoms with Crippen molar-refractivity contribution in [3.8, 4) is 0 Å². The van der Waals surface area contributed by atoms with Gasteiger partial charge in [0, 0.05) is 17.1 Å². The molecule has 5 heteroatoms. The van der Waals surface area contributed by atoms with Crippen molar-refractivity contribution in [1.82, 2.24) is 4.90 Å². The van der Waals surface area contributed by atoms with Crippen LogP contribution in [0.4, 0.5) is 0 Å². The molecule has 1 aromatic rings. The van der Waals surface area contributed by atoms with Crippen LogP contribution in [0.15, 0.2) is 18.2 Å². The Morgan fingerprint density at radius 1 is 1.25 bits per heavy atom. The largest absolute Gasteiger partial charge is 0.465 e. The predicted molar refractivity (Wildman–Crippen MR) is 79.0 cm³/mol. The van der Waals surface area contributed by atoms with Crippen molar-refractivity contribution in [2.24, 2.45) is 0 Å². The molecule has 0 atom stereocenters. The Morgan fingerprint density at radius 2 is 1.95 bits per heavy atom. The molecule has 0 aliphatic rings. The highest BCUT2D eigenvalue weighted by Crippen LogP contribution is 2.16. The highest BCUT2D eigenvalue weighted by atomic mass is 35.5. The Bertz CT molecular complexity index is 468. The highest BCUT2D eigenvalue weighted by molar-refractivity contribution is 6.31. The van der Waals surface area contributed by atoms with Crippen LogP contribution in [0.5, 0.6) is 0 Å². The molecular formula is C15H20ClNO3. The van der Waals surface area contributed by atoms with Gasteiger partial charge in [-0.3, -0.25) is 9.59 Å². The van der Waals surface area contributed by atoms with Gasteiger partial charge < -0.3 is 9.64 Å². The van der Waals surface area contributed by atoms with E-state index in [-0.39, 0.29) is 12.5 Å². The van der Waals surface area contributed by atoms with Crippen molar-refractivity contribution in [3.05, 3.63) is 34.3 Å². The first kappa shape index (κ1) is 16.5. The van der Waals surface area contributed by atoms with Gasteiger partial charge in [0.2, 0.25) is 0 Å². The molecule has 0 fully saturated rings. The van der Waals surface area contributed by atoms with Gasteiger partial charge in [0.25, 0.3) is 5.91 Å². The first-order valence-corrected chi connectivity index (χ1v) is 7.07. The number of halogens is 1. The third-order valence-electron chi connectivity index (χ3n) is 2.70. The Hall–Kier alpha value is -1.55. The van der Waals surface area contributed by atoms with Gasteiger partial charge in [-0.2, -0.15) is 0 Å². The van der Waals surface area contributed by atoms with Gasteiger partial charge in [-0.05, 0) is 44.0 Å². The van der Waals surface area contributed by atoms with Gasteiger partial charge in [0.1, 0.15) is 6.54 Å². The number of amides is 1. The minimum absolute atomic E-state index is 0.0356. The number of esters is 1. The third-order valence-corrected chi connectivity index (χ3v) is 2.91. The number of ether oxygens (including phenoxy) is 1. The van der Waals surface area contributed by atoms with Crippen LogP contribution in [0.2, 0.25) is 5.02 Å². The smallest absolute Gasteiger partial charge is 0.325 e. The van der Waals surface area contributed by atoms with Crippen LogP contribution in [-0.2, 0) is 9.53 Å². The van der Waals surface area contributed by atoms with E-state index in [1.807, 2.05) is 13.8 Å². The van der Waals surface area contributed by atoms with Gasteiger partial charge in [-0.25, -0.2) is 0 Å². The number of hydrogen-bond acceptors (Lipinski definition) is 3. The lowest BCUT2D eigenvalue weighted by molar-refractivity contribution is -0.143. The Labute approximate surface area is 124 Å². The average Bonchev–Trinajstić information content (AvgIpc) is 2.36.